The van der Waals surface area contributed by atoms with Crippen LogP contribution in [0.15, 0.2) is 48.8 Å². The van der Waals surface area contributed by atoms with Crippen LogP contribution in [-0.2, 0) is 16.0 Å². The Morgan fingerprint density at radius 1 is 1.23 bits per heavy atom. The van der Waals surface area contributed by atoms with Crippen LogP contribution in [0.25, 0.3) is 6.08 Å². The van der Waals surface area contributed by atoms with Gasteiger partial charge in [-0.1, -0.05) is 30.3 Å². The molecule has 0 radical (unpaired) electrons. The van der Waals surface area contributed by atoms with E-state index in [2.05, 4.69) is 44.9 Å². The summed E-state index contributed by atoms with van der Waals surface area (Å²) in [4.78, 5) is 28.7. The van der Waals surface area contributed by atoms with Crippen molar-refractivity contribution in [1.82, 2.24) is 20.8 Å². The molecule has 1 amide bonds. The molecule has 5 N–H and O–H groups in total. The molecule has 0 unspecified atom stereocenters. The first kappa shape index (κ1) is 23.0. The zero-order valence-corrected chi connectivity index (χ0v) is 16.8. The molecule has 9 nitrogen and oxygen atoms in total. The smallest absolute Gasteiger partial charge is 0.300 e. The number of rotatable bonds is 7. The monoisotopic (exact) mass is 413 g/mol. The fourth-order valence-electron chi connectivity index (χ4n) is 3.11. The molecule has 160 valence electrons. The number of carbonyl (C=O) groups is 2. The second-order valence-corrected chi connectivity index (χ2v) is 6.97. The van der Waals surface area contributed by atoms with Crippen LogP contribution in [-0.4, -0.2) is 50.8 Å². The van der Waals surface area contributed by atoms with Crippen molar-refractivity contribution in [1.29, 1.82) is 0 Å². The zero-order chi connectivity index (χ0) is 21.8. The molecule has 3 rings (SSSR count). The molecule has 1 aromatic heterocycles. The van der Waals surface area contributed by atoms with Crippen molar-refractivity contribution in [3.63, 3.8) is 0 Å². The van der Waals surface area contributed by atoms with Crippen LogP contribution in [0.5, 0.6) is 0 Å². The lowest BCUT2D eigenvalue weighted by atomic mass is 9.90. The number of carbonyl (C=O) groups excluding carboxylic acids is 1. The SMILES string of the molecule is CC(=O)O.O=C(/C=C/c1cnc(N[C@]2(CCc3ccccc3)CCNC2)cn1)NO. The zero-order valence-electron chi connectivity index (χ0n) is 16.8. The van der Waals surface area contributed by atoms with Gasteiger partial charge in [-0.3, -0.25) is 19.8 Å². The van der Waals surface area contributed by atoms with Crippen molar-refractivity contribution in [3.05, 3.63) is 60.1 Å². The van der Waals surface area contributed by atoms with Crippen molar-refractivity contribution in [2.75, 3.05) is 18.4 Å². The standard InChI is InChI=1S/C19H23N5O2.C2H4O2/c25-18(24-26)7-6-16-12-22-17(13-21-16)23-19(10-11-20-14-19)9-8-15-4-2-1-3-5-15;1-2(3)4/h1-7,12-13,20,26H,8-11,14H2,(H,22,23)(H,24,25);1H3,(H,3,4)/b7-6+;/t19-;/m1./s1. The van der Waals surface area contributed by atoms with E-state index in [4.69, 9.17) is 15.1 Å². The van der Waals surface area contributed by atoms with Gasteiger partial charge in [0.2, 0.25) is 0 Å². The summed E-state index contributed by atoms with van der Waals surface area (Å²) in [5, 5.41) is 22.9. The summed E-state index contributed by atoms with van der Waals surface area (Å²) in [7, 11) is 0. The molecule has 2 heterocycles. The molecule has 1 atom stereocenters. The molecule has 1 aliphatic rings. The first-order chi connectivity index (χ1) is 14.4. The summed E-state index contributed by atoms with van der Waals surface area (Å²) in [6.45, 7) is 2.95. The third kappa shape index (κ3) is 7.98. The average Bonchev–Trinajstić information content (AvgIpc) is 3.20. The van der Waals surface area contributed by atoms with Gasteiger partial charge in [-0.15, -0.1) is 0 Å². The van der Waals surface area contributed by atoms with Crippen molar-refractivity contribution in [2.24, 2.45) is 0 Å². The summed E-state index contributed by atoms with van der Waals surface area (Å²) in [6.07, 6.45) is 8.98. The third-order valence-corrected chi connectivity index (χ3v) is 4.56. The topological polar surface area (TPSA) is 136 Å². The minimum atomic E-state index is -0.833. The van der Waals surface area contributed by atoms with Gasteiger partial charge >= 0.3 is 0 Å². The molecule has 0 spiro atoms. The Balaban J connectivity index is 0.000000735. The number of carboxylic acids is 1. The van der Waals surface area contributed by atoms with Gasteiger partial charge in [-0.05, 0) is 37.4 Å². The van der Waals surface area contributed by atoms with E-state index in [1.54, 1.807) is 12.4 Å². The maximum atomic E-state index is 11.0. The lowest BCUT2D eigenvalue weighted by molar-refractivity contribution is -0.134. The van der Waals surface area contributed by atoms with E-state index < -0.39 is 11.9 Å². The summed E-state index contributed by atoms with van der Waals surface area (Å²) in [6, 6.07) is 10.5. The summed E-state index contributed by atoms with van der Waals surface area (Å²) >= 11 is 0. The Bertz CT molecular complexity index is 830. The highest BCUT2D eigenvalue weighted by atomic mass is 16.5. The van der Waals surface area contributed by atoms with Crippen LogP contribution < -0.4 is 16.1 Å². The maximum Gasteiger partial charge on any atom is 0.300 e. The molecule has 1 saturated heterocycles. The minimum Gasteiger partial charge on any atom is -0.481 e. The molecule has 2 aromatic rings. The second-order valence-electron chi connectivity index (χ2n) is 6.97. The molecule has 9 heteroatoms. The predicted octanol–water partition coefficient (Wildman–Crippen LogP) is 1.86. The Hall–Kier alpha value is -3.30. The van der Waals surface area contributed by atoms with Crippen LogP contribution >= 0.6 is 0 Å². The van der Waals surface area contributed by atoms with E-state index in [1.165, 1.54) is 23.2 Å². The normalized spacial score (nSPS) is 17.8. The molecule has 0 saturated carbocycles. The number of nitrogens with zero attached hydrogens (tertiary/aromatic N) is 2. The van der Waals surface area contributed by atoms with E-state index in [0.29, 0.717) is 11.5 Å². The molecule has 0 aliphatic carbocycles. The van der Waals surface area contributed by atoms with Crippen LogP contribution in [0.2, 0.25) is 0 Å². The number of amides is 1. The number of anilines is 1. The van der Waals surface area contributed by atoms with Gasteiger partial charge in [-0.25, -0.2) is 10.5 Å². The minimum absolute atomic E-state index is 0.0430. The van der Waals surface area contributed by atoms with Crippen LogP contribution in [0.4, 0.5) is 5.82 Å². The fraction of sp³-hybridized carbons (Fsp3) is 0.333. The van der Waals surface area contributed by atoms with Gasteiger partial charge in [-0.2, -0.15) is 0 Å². The van der Waals surface area contributed by atoms with Crippen molar-refractivity contribution in [3.8, 4) is 0 Å². The number of hydroxylamine groups is 1. The van der Waals surface area contributed by atoms with Gasteiger partial charge in [0.1, 0.15) is 5.82 Å². The number of benzene rings is 1. The summed E-state index contributed by atoms with van der Waals surface area (Å²) in [5.41, 5.74) is 3.36. The van der Waals surface area contributed by atoms with E-state index in [1.807, 2.05) is 6.07 Å². The number of aromatic nitrogens is 2. The lowest BCUT2D eigenvalue weighted by Crippen LogP contribution is -2.41. The van der Waals surface area contributed by atoms with Crippen LogP contribution in [0.1, 0.15) is 31.0 Å². The highest BCUT2D eigenvalue weighted by molar-refractivity contribution is 5.90. The molecule has 1 aliphatic heterocycles. The molecular weight excluding hydrogens is 386 g/mol. The summed E-state index contributed by atoms with van der Waals surface area (Å²) in [5.74, 6) is -0.726. The number of nitrogens with one attached hydrogen (secondary N) is 3. The van der Waals surface area contributed by atoms with Crippen molar-refractivity contribution in [2.45, 2.75) is 31.7 Å². The van der Waals surface area contributed by atoms with Gasteiger partial charge < -0.3 is 15.7 Å². The Morgan fingerprint density at radius 2 is 1.97 bits per heavy atom. The second kappa shape index (κ2) is 11.6. The third-order valence-electron chi connectivity index (χ3n) is 4.56. The van der Waals surface area contributed by atoms with Gasteiger partial charge in [0.25, 0.3) is 11.9 Å². The van der Waals surface area contributed by atoms with Crippen molar-refractivity contribution < 1.29 is 19.9 Å². The molecule has 1 fully saturated rings. The first-order valence-corrected chi connectivity index (χ1v) is 9.59. The molecule has 1 aromatic carbocycles. The van der Waals surface area contributed by atoms with Gasteiger partial charge in [0.15, 0.2) is 0 Å². The molecule has 30 heavy (non-hydrogen) atoms. The van der Waals surface area contributed by atoms with E-state index in [-0.39, 0.29) is 5.54 Å². The van der Waals surface area contributed by atoms with Gasteiger partial charge in [0.05, 0.1) is 23.6 Å². The predicted molar refractivity (Wildman–Crippen MR) is 113 cm³/mol. The molecular formula is C21H27N5O4. The van der Waals surface area contributed by atoms with Crippen LogP contribution in [0.3, 0.4) is 0 Å². The molecule has 0 bridgehead atoms. The Morgan fingerprint density at radius 3 is 2.53 bits per heavy atom. The Kier molecular flexibility index (Phi) is 8.92. The quantitative estimate of drug-likeness (QED) is 0.264. The maximum absolute atomic E-state index is 11.0. The lowest BCUT2D eigenvalue weighted by Gasteiger charge is -2.30. The van der Waals surface area contributed by atoms with E-state index >= 15 is 0 Å². The highest BCUT2D eigenvalue weighted by Gasteiger charge is 2.33. The Labute approximate surface area is 175 Å². The number of hydrogen-bond acceptors (Lipinski definition) is 7. The fourth-order valence-corrected chi connectivity index (χ4v) is 3.11. The number of hydrogen-bond donors (Lipinski definition) is 5. The average molecular weight is 413 g/mol. The number of carboxylic acid groups (broad SMARTS) is 1. The number of aryl methyl sites for hydroxylation is 1. The van der Waals surface area contributed by atoms with Gasteiger partial charge in [0, 0.05) is 19.5 Å². The largest absolute Gasteiger partial charge is 0.481 e. The first-order valence-electron chi connectivity index (χ1n) is 9.59. The van der Waals surface area contributed by atoms with Crippen LogP contribution in [0, 0.1) is 0 Å². The summed E-state index contributed by atoms with van der Waals surface area (Å²) < 4.78 is 0. The van der Waals surface area contributed by atoms with E-state index in [0.717, 1.165) is 39.3 Å². The van der Waals surface area contributed by atoms with Crippen molar-refractivity contribution >= 4 is 23.8 Å². The number of aliphatic carboxylic acids is 1. The van der Waals surface area contributed by atoms with E-state index in [9.17, 15) is 4.79 Å². The highest BCUT2D eigenvalue weighted by Crippen LogP contribution is 2.26.